The Morgan fingerprint density at radius 3 is 2.24 bits per heavy atom. The normalized spacial score (nSPS) is 23.5. The van der Waals surface area contributed by atoms with Crippen molar-refractivity contribution in [2.24, 2.45) is 17.3 Å². The molecule has 3 atom stereocenters. The Morgan fingerprint density at radius 1 is 1.09 bits per heavy atom. The van der Waals surface area contributed by atoms with Crippen LogP contribution in [0.5, 0.6) is 0 Å². The molecule has 7 heteroatoms. The Balaban J connectivity index is 1.24. The second-order valence-electron chi connectivity index (χ2n) is 9.77. The van der Waals surface area contributed by atoms with E-state index in [0.717, 1.165) is 22.3 Å². The van der Waals surface area contributed by atoms with Crippen molar-refractivity contribution < 1.29 is 24.2 Å². The van der Waals surface area contributed by atoms with Gasteiger partial charge in [0.1, 0.15) is 12.6 Å². The summed E-state index contributed by atoms with van der Waals surface area (Å²) in [4.78, 5) is 39.0. The molecule has 2 aliphatic carbocycles. The Kier molecular flexibility index (Phi) is 5.15. The second-order valence-corrected chi connectivity index (χ2v) is 9.77. The number of ether oxygens (including phenoxy) is 1. The molecule has 172 valence electrons. The largest absolute Gasteiger partial charge is 0.481 e. The second kappa shape index (κ2) is 7.90. The van der Waals surface area contributed by atoms with Gasteiger partial charge in [0.25, 0.3) is 0 Å². The molecule has 0 bridgehead atoms. The summed E-state index contributed by atoms with van der Waals surface area (Å²) < 4.78 is 5.61. The zero-order valence-electron chi connectivity index (χ0n) is 18.8. The molecular formula is C26H28N2O5. The third-order valence-corrected chi connectivity index (χ3v) is 7.43. The number of piperidine rings is 1. The number of carbonyl (C=O) groups excluding carboxylic acids is 2. The van der Waals surface area contributed by atoms with E-state index >= 15 is 0 Å². The predicted molar refractivity (Wildman–Crippen MR) is 122 cm³/mol. The first-order valence-corrected chi connectivity index (χ1v) is 11.5. The molecule has 0 radical (unpaired) electrons. The highest BCUT2D eigenvalue weighted by molar-refractivity contribution is 5.88. The van der Waals surface area contributed by atoms with Crippen LogP contribution in [0.1, 0.15) is 37.3 Å². The third kappa shape index (κ3) is 3.56. The fourth-order valence-corrected chi connectivity index (χ4v) is 5.46. The maximum absolute atomic E-state index is 13.1. The summed E-state index contributed by atoms with van der Waals surface area (Å²) in [5.41, 5.74) is 3.76. The van der Waals surface area contributed by atoms with Gasteiger partial charge in [0.15, 0.2) is 0 Å². The van der Waals surface area contributed by atoms with Gasteiger partial charge in [-0.15, -0.1) is 0 Å². The van der Waals surface area contributed by atoms with Crippen molar-refractivity contribution in [1.29, 1.82) is 0 Å². The SMILES string of the molecule is CC(C)[C@@H](NC(=O)OCC1c2ccccc2-c2ccccc21)C(=O)N1CC2CC2(C(=O)O)C1. The van der Waals surface area contributed by atoms with Crippen LogP contribution in [0.3, 0.4) is 0 Å². The van der Waals surface area contributed by atoms with Crippen LogP contribution in [0.2, 0.25) is 0 Å². The minimum Gasteiger partial charge on any atom is -0.481 e. The van der Waals surface area contributed by atoms with Crippen molar-refractivity contribution >= 4 is 18.0 Å². The minimum atomic E-state index is -0.839. The number of alkyl carbamates (subject to hydrolysis) is 1. The Morgan fingerprint density at radius 2 is 1.70 bits per heavy atom. The predicted octanol–water partition coefficient (Wildman–Crippen LogP) is 3.48. The quantitative estimate of drug-likeness (QED) is 0.705. The van der Waals surface area contributed by atoms with E-state index in [2.05, 4.69) is 29.6 Å². The molecule has 1 aliphatic heterocycles. The van der Waals surface area contributed by atoms with Crippen molar-refractivity contribution in [2.45, 2.75) is 32.2 Å². The molecule has 2 aromatic carbocycles. The van der Waals surface area contributed by atoms with Crippen LogP contribution in [0, 0.1) is 17.3 Å². The number of fused-ring (bicyclic) bond motifs is 4. The van der Waals surface area contributed by atoms with Crippen molar-refractivity contribution in [3.8, 4) is 11.1 Å². The van der Waals surface area contributed by atoms with Gasteiger partial charge in [-0.1, -0.05) is 62.4 Å². The van der Waals surface area contributed by atoms with Crippen LogP contribution >= 0.6 is 0 Å². The maximum atomic E-state index is 13.1. The first-order chi connectivity index (χ1) is 15.8. The fourth-order valence-electron chi connectivity index (χ4n) is 5.46. The fraction of sp³-hybridized carbons (Fsp3) is 0.423. The number of benzene rings is 2. The van der Waals surface area contributed by atoms with Crippen molar-refractivity contribution in [3.05, 3.63) is 59.7 Å². The molecule has 0 spiro atoms. The summed E-state index contributed by atoms with van der Waals surface area (Å²) in [7, 11) is 0. The highest BCUT2D eigenvalue weighted by Gasteiger charge is 2.66. The van der Waals surface area contributed by atoms with Gasteiger partial charge in [-0.05, 0) is 40.5 Å². The summed E-state index contributed by atoms with van der Waals surface area (Å²) in [6.07, 6.45) is -0.0145. The molecule has 1 saturated heterocycles. The maximum Gasteiger partial charge on any atom is 0.407 e. The number of carbonyl (C=O) groups is 3. The van der Waals surface area contributed by atoms with E-state index in [4.69, 9.17) is 4.74 Å². The zero-order chi connectivity index (χ0) is 23.3. The van der Waals surface area contributed by atoms with Gasteiger partial charge >= 0.3 is 12.1 Å². The Labute approximate surface area is 192 Å². The van der Waals surface area contributed by atoms with Crippen molar-refractivity contribution in [1.82, 2.24) is 10.2 Å². The first-order valence-electron chi connectivity index (χ1n) is 11.5. The average molecular weight is 449 g/mol. The van der Waals surface area contributed by atoms with Gasteiger partial charge in [0.05, 0.1) is 5.41 Å². The molecule has 2 unspecified atom stereocenters. The molecule has 2 fully saturated rings. The summed E-state index contributed by atoms with van der Waals surface area (Å²) in [5.74, 6) is -1.28. The number of aliphatic carboxylic acids is 1. The number of likely N-dealkylation sites (tertiary alicyclic amines) is 1. The topological polar surface area (TPSA) is 95.9 Å². The zero-order valence-corrected chi connectivity index (χ0v) is 18.8. The summed E-state index contributed by atoms with van der Waals surface area (Å²) in [5, 5.41) is 12.2. The number of amides is 2. The smallest absolute Gasteiger partial charge is 0.407 e. The monoisotopic (exact) mass is 448 g/mol. The average Bonchev–Trinajstić information content (AvgIpc) is 3.23. The third-order valence-electron chi connectivity index (χ3n) is 7.43. The lowest BCUT2D eigenvalue weighted by atomic mass is 9.98. The molecule has 1 saturated carbocycles. The highest BCUT2D eigenvalue weighted by atomic mass is 16.5. The Bertz CT molecular complexity index is 1080. The van der Waals surface area contributed by atoms with Gasteiger partial charge in [0.2, 0.25) is 5.91 Å². The number of carboxylic acid groups (broad SMARTS) is 1. The molecule has 7 nitrogen and oxygen atoms in total. The molecule has 5 rings (SSSR count). The molecule has 2 N–H and O–H groups in total. The number of nitrogens with one attached hydrogen (secondary N) is 1. The lowest BCUT2D eigenvalue weighted by molar-refractivity contribution is -0.144. The molecule has 1 heterocycles. The van der Waals surface area contributed by atoms with E-state index in [1.54, 1.807) is 4.90 Å². The van der Waals surface area contributed by atoms with Crippen molar-refractivity contribution in [2.75, 3.05) is 19.7 Å². The van der Waals surface area contributed by atoms with Crippen molar-refractivity contribution in [3.63, 3.8) is 0 Å². The standard InChI is InChI=1S/C26H28N2O5/c1-15(2)22(23(29)28-12-16-11-26(16,14-28)24(30)31)27-25(32)33-13-21-19-9-5-3-7-17(19)18-8-4-6-10-20(18)21/h3-10,15-16,21-22H,11-14H2,1-2H3,(H,27,32)(H,30,31)/t16?,22-,26?/m1/s1. The molecule has 2 amide bonds. The first kappa shape index (κ1) is 21.5. The minimum absolute atomic E-state index is 0.0150. The molecular weight excluding hydrogens is 420 g/mol. The van der Waals surface area contributed by atoms with Crippen LogP contribution in [0.4, 0.5) is 4.79 Å². The lowest BCUT2D eigenvalue weighted by Gasteiger charge is -2.28. The summed E-state index contributed by atoms with van der Waals surface area (Å²) in [6.45, 7) is 4.53. The van der Waals surface area contributed by atoms with Crippen LogP contribution < -0.4 is 5.32 Å². The van der Waals surface area contributed by atoms with Crippen LogP contribution in [-0.4, -0.2) is 53.7 Å². The molecule has 3 aliphatic rings. The number of carboxylic acids is 1. The summed E-state index contributed by atoms with van der Waals surface area (Å²) >= 11 is 0. The number of hydrogen-bond donors (Lipinski definition) is 2. The van der Waals surface area contributed by atoms with E-state index in [0.29, 0.717) is 13.0 Å². The van der Waals surface area contributed by atoms with Gasteiger partial charge in [-0.2, -0.15) is 0 Å². The summed E-state index contributed by atoms with van der Waals surface area (Å²) in [6, 6.07) is 15.5. The van der Waals surface area contributed by atoms with Crippen LogP contribution in [0.15, 0.2) is 48.5 Å². The van der Waals surface area contributed by atoms with E-state index < -0.39 is 23.5 Å². The molecule has 33 heavy (non-hydrogen) atoms. The Hall–Kier alpha value is -3.35. The van der Waals surface area contributed by atoms with Crippen LogP contribution in [-0.2, 0) is 14.3 Å². The van der Waals surface area contributed by atoms with Gasteiger partial charge in [-0.3, -0.25) is 9.59 Å². The van der Waals surface area contributed by atoms with E-state index in [1.165, 1.54) is 0 Å². The van der Waals surface area contributed by atoms with E-state index in [1.807, 2.05) is 38.1 Å². The van der Waals surface area contributed by atoms with Gasteiger partial charge in [0, 0.05) is 19.0 Å². The van der Waals surface area contributed by atoms with Gasteiger partial charge in [-0.25, -0.2) is 4.79 Å². The van der Waals surface area contributed by atoms with E-state index in [9.17, 15) is 19.5 Å². The molecule has 0 aromatic heterocycles. The van der Waals surface area contributed by atoms with Crippen LogP contribution in [0.25, 0.3) is 11.1 Å². The highest BCUT2D eigenvalue weighted by Crippen LogP contribution is 2.58. The number of nitrogens with zero attached hydrogens (tertiary/aromatic N) is 1. The number of hydrogen-bond acceptors (Lipinski definition) is 4. The lowest BCUT2D eigenvalue weighted by Crippen LogP contribution is -2.51. The van der Waals surface area contributed by atoms with Gasteiger partial charge < -0.3 is 20.1 Å². The molecule has 2 aromatic rings. The van der Waals surface area contributed by atoms with E-state index in [-0.39, 0.29) is 36.8 Å². The number of rotatable bonds is 6.